The van der Waals surface area contributed by atoms with E-state index < -0.39 is 11.7 Å². The zero-order valence-corrected chi connectivity index (χ0v) is 22.3. The minimum atomic E-state index is -0.609. The van der Waals surface area contributed by atoms with Gasteiger partial charge in [-0.1, -0.05) is 23.7 Å². The Morgan fingerprint density at radius 3 is 2.58 bits per heavy atom. The number of carbonyl (C=O) groups is 2. The molecule has 1 fully saturated rings. The first-order chi connectivity index (χ1) is 18.2. The number of anilines is 1. The predicted molar refractivity (Wildman–Crippen MR) is 145 cm³/mol. The number of piperidine rings is 1. The molecule has 1 aromatic carbocycles. The van der Waals surface area contributed by atoms with E-state index in [2.05, 4.69) is 15.1 Å². The lowest BCUT2D eigenvalue weighted by Gasteiger charge is -2.39. The average molecular weight is 533 g/mol. The van der Waals surface area contributed by atoms with Crippen LogP contribution in [0.4, 0.5) is 10.6 Å². The monoisotopic (exact) mass is 532 g/mol. The molecule has 0 bridgehead atoms. The number of hydrogen-bond donors (Lipinski definition) is 0. The van der Waals surface area contributed by atoms with E-state index in [1.54, 1.807) is 57.2 Å². The van der Waals surface area contributed by atoms with Gasteiger partial charge in [-0.05, 0) is 69.5 Å². The van der Waals surface area contributed by atoms with Gasteiger partial charge in [-0.25, -0.2) is 19.3 Å². The van der Waals surface area contributed by atoms with E-state index in [0.717, 1.165) is 23.2 Å². The first kappa shape index (κ1) is 25.7. The molecule has 0 aliphatic carbocycles. The van der Waals surface area contributed by atoms with Crippen LogP contribution in [-0.2, 0) is 4.74 Å². The number of hydrogen-bond acceptors (Lipinski definition) is 6. The van der Waals surface area contributed by atoms with Crippen LogP contribution in [0.25, 0.3) is 16.8 Å². The van der Waals surface area contributed by atoms with Gasteiger partial charge >= 0.3 is 6.09 Å². The second kappa shape index (κ2) is 10.4. The van der Waals surface area contributed by atoms with Crippen LogP contribution in [-0.4, -0.2) is 61.2 Å². The van der Waals surface area contributed by atoms with Crippen LogP contribution in [0.1, 0.15) is 44.0 Å². The first-order valence-electron chi connectivity index (χ1n) is 12.5. The van der Waals surface area contributed by atoms with Gasteiger partial charge in [0.1, 0.15) is 5.60 Å². The normalized spacial score (nSPS) is 15.9. The third-order valence-electron chi connectivity index (χ3n) is 6.32. The highest BCUT2D eigenvalue weighted by Crippen LogP contribution is 2.31. The Kier molecular flexibility index (Phi) is 7.03. The van der Waals surface area contributed by atoms with Gasteiger partial charge in [0.15, 0.2) is 11.5 Å². The van der Waals surface area contributed by atoms with Crippen LogP contribution in [0.2, 0.25) is 5.02 Å². The van der Waals surface area contributed by atoms with Crippen molar-refractivity contribution in [2.45, 2.75) is 45.3 Å². The van der Waals surface area contributed by atoms with Crippen molar-refractivity contribution in [1.29, 1.82) is 0 Å². The molecule has 0 N–H and O–H groups in total. The molecule has 4 aromatic rings. The number of carbonyl (C=O) groups excluding carboxylic acids is 2. The number of halogens is 1. The minimum Gasteiger partial charge on any atom is -0.444 e. The fourth-order valence-corrected chi connectivity index (χ4v) is 4.82. The van der Waals surface area contributed by atoms with Crippen molar-refractivity contribution in [3.8, 4) is 11.1 Å². The molecule has 1 aliphatic rings. The Morgan fingerprint density at radius 2 is 1.84 bits per heavy atom. The number of rotatable bonds is 4. The maximum absolute atomic E-state index is 14.0. The average Bonchev–Trinajstić information content (AvgIpc) is 3.33. The van der Waals surface area contributed by atoms with Crippen LogP contribution in [0.5, 0.6) is 0 Å². The zero-order valence-electron chi connectivity index (χ0n) is 21.5. The summed E-state index contributed by atoms with van der Waals surface area (Å²) in [5, 5.41) is 4.71. The molecule has 10 heteroatoms. The Labute approximate surface area is 226 Å². The fraction of sp³-hybridized carbons (Fsp3) is 0.321. The molecule has 196 valence electrons. The van der Waals surface area contributed by atoms with Crippen molar-refractivity contribution in [1.82, 2.24) is 24.5 Å². The summed E-state index contributed by atoms with van der Waals surface area (Å²) in [5.74, 6) is 0.122. The van der Waals surface area contributed by atoms with Gasteiger partial charge in [0.05, 0.1) is 17.3 Å². The highest BCUT2D eigenvalue weighted by molar-refractivity contribution is 6.33. The van der Waals surface area contributed by atoms with Crippen LogP contribution >= 0.6 is 11.6 Å². The van der Waals surface area contributed by atoms with Crippen LogP contribution in [0.3, 0.4) is 0 Å². The summed E-state index contributed by atoms with van der Waals surface area (Å²) >= 11 is 6.53. The number of fused-ring (bicyclic) bond motifs is 1. The summed E-state index contributed by atoms with van der Waals surface area (Å²) in [5.41, 5.74) is 2.37. The molecule has 9 nitrogen and oxygen atoms in total. The maximum atomic E-state index is 14.0. The van der Waals surface area contributed by atoms with Gasteiger partial charge < -0.3 is 9.64 Å². The Morgan fingerprint density at radius 1 is 1.08 bits per heavy atom. The molecule has 0 radical (unpaired) electrons. The van der Waals surface area contributed by atoms with E-state index >= 15 is 0 Å². The molecule has 2 amide bonds. The van der Waals surface area contributed by atoms with Crippen LogP contribution in [0.15, 0.2) is 67.3 Å². The van der Waals surface area contributed by atoms with Crippen LogP contribution in [0, 0.1) is 0 Å². The predicted octanol–water partition coefficient (Wildman–Crippen LogP) is 5.49. The van der Waals surface area contributed by atoms with Crippen LogP contribution < -0.4 is 4.90 Å². The van der Waals surface area contributed by atoms with Crippen molar-refractivity contribution in [3.63, 3.8) is 0 Å². The number of aromatic nitrogens is 4. The molecule has 38 heavy (non-hydrogen) atoms. The SMILES string of the molecule is CC(C)(C)OC(=O)N1CCC[C@@H](N(C(=O)c2ccc(-c3cnn4cccnc34)cc2)c2ncccc2Cl)C1. The van der Waals surface area contributed by atoms with E-state index in [4.69, 9.17) is 16.3 Å². The van der Waals surface area contributed by atoms with Crippen molar-refractivity contribution in [3.05, 3.63) is 77.8 Å². The number of ether oxygens (including phenoxy) is 1. The van der Waals surface area contributed by atoms with E-state index in [1.165, 1.54) is 0 Å². The van der Waals surface area contributed by atoms with E-state index in [-0.39, 0.29) is 11.9 Å². The largest absolute Gasteiger partial charge is 0.444 e. The molecule has 5 rings (SSSR count). The molecular weight excluding hydrogens is 504 g/mol. The summed E-state index contributed by atoms with van der Waals surface area (Å²) < 4.78 is 7.30. The van der Waals surface area contributed by atoms with E-state index in [1.807, 2.05) is 45.2 Å². The molecule has 1 saturated heterocycles. The second-order valence-electron chi connectivity index (χ2n) is 10.2. The van der Waals surface area contributed by atoms with Gasteiger partial charge in [0.25, 0.3) is 5.91 Å². The third kappa shape index (κ3) is 5.33. The van der Waals surface area contributed by atoms with Gasteiger partial charge in [-0.3, -0.25) is 9.69 Å². The quantitative estimate of drug-likeness (QED) is 0.345. The summed E-state index contributed by atoms with van der Waals surface area (Å²) in [7, 11) is 0. The second-order valence-corrected chi connectivity index (χ2v) is 10.6. The highest BCUT2D eigenvalue weighted by Gasteiger charge is 2.35. The molecule has 0 saturated carbocycles. The first-order valence-corrected chi connectivity index (χ1v) is 12.9. The summed E-state index contributed by atoms with van der Waals surface area (Å²) in [4.78, 5) is 38.9. The molecule has 0 spiro atoms. The topological polar surface area (TPSA) is 92.9 Å². The minimum absolute atomic E-state index is 0.244. The van der Waals surface area contributed by atoms with Gasteiger partial charge in [-0.2, -0.15) is 5.10 Å². The van der Waals surface area contributed by atoms with Crippen molar-refractivity contribution in [2.75, 3.05) is 18.0 Å². The summed E-state index contributed by atoms with van der Waals surface area (Å²) in [6.45, 7) is 6.39. The van der Waals surface area contributed by atoms with Gasteiger partial charge in [0, 0.05) is 42.8 Å². The number of amides is 2. The van der Waals surface area contributed by atoms with Gasteiger partial charge in [0.2, 0.25) is 0 Å². The number of likely N-dealkylation sites (tertiary alicyclic amines) is 1. The molecular formula is C28H29ClN6O3. The van der Waals surface area contributed by atoms with Crippen molar-refractivity contribution >= 4 is 35.1 Å². The lowest BCUT2D eigenvalue weighted by atomic mass is 10.0. The number of benzene rings is 1. The standard InChI is InChI=1S/C28H29ClN6O3/c1-28(2,3)38-27(37)33-15-5-7-21(18-33)35(25-23(29)8-4-13-31-25)26(36)20-11-9-19(10-12-20)22-17-32-34-16-6-14-30-24(22)34/h4,6,8-14,16-17,21H,5,7,15,18H2,1-3H3/t21-/m1/s1. The maximum Gasteiger partial charge on any atom is 0.410 e. The zero-order chi connectivity index (χ0) is 26.9. The van der Waals surface area contributed by atoms with E-state index in [9.17, 15) is 9.59 Å². The molecule has 1 atom stereocenters. The highest BCUT2D eigenvalue weighted by atomic mass is 35.5. The van der Waals surface area contributed by atoms with E-state index in [0.29, 0.717) is 35.9 Å². The Hall–Kier alpha value is -3.98. The summed E-state index contributed by atoms with van der Waals surface area (Å²) in [6, 6.07) is 12.2. The molecule has 0 unspecified atom stereocenters. The van der Waals surface area contributed by atoms with Gasteiger partial charge in [-0.15, -0.1) is 0 Å². The molecule has 3 aromatic heterocycles. The molecule has 4 heterocycles. The van der Waals surface area contributed by atoms with Crippen molar-refractivity contribution < 1.29 is 14.3 Å². The number of pyridine rings is 1. The number of nitrogens with zero attached hydrogens (tertiary/aromatic N) is 6. The molecule has 1 aliphatic heterocycles. The summed E-state index contributed by atoms with van der Waals surface area (Å²) in [6.07, 6.45) is 7.95. The van der Waals surface area contributed by atoms with Crippen molar-refractivity contribution in [2.24, 2.45) is 0 Å². The Bertz CT molecular complexity index is 1460. The lowest BCUT2D eigenvalue weighted by Crippen LogP contribution is -2.53. The smallest absolute Gasteiger partial charge is 0.410 e. The Balaban J connectivity index is 1.44. The fourth-order valence-electron chi connectivity index (χ4n) is 4.61. The third-order valence-corrected chi connectivity index (χ3v) is 6.62. The lowest BCUT2D eigenvalue weighted by molar-refractivity contribution is 0.0196.